The summed E-state index contributed by atoms with van der Waals surface area (Å²) >= 11 is 0. The normalized spacial score (nSPS) is 17.8. The number of rotatable bonds is 3. The Morgan fingerprint density at radius 3 is 2.21 bits per heavy atom. The summed E-state index contributed by atoms with van der Waals surface area (Å²) in [4.78, 5) is 0. The van der Waals surface area contributed by atoms with Gasteiger partial charge in [-0.15, -0.1) is 0 Å². The summed E-state index contributed by atoms with van der Waals surface area (Å²) in [6, 6.07) is 2.02. The molecule has 19 heavy (non-hydrogen) atoms. The van der Waals surface area contributed by atoms with Gasteiger partial charge in [0.25, 0.3) is 0 Å². The zero-order valence-corrected chi connectivity index (χ0v) is 10.8. The number of hydrogen-bond acceptors (Lipinski definition) is 1. The summed E-state index contributed by atoms with van der Waals surface area (Å²) < 4.78 is 39.2. The van der Waals surface area contributed by atoms with Crippen molar-refractivity contribution in [1.29, 1.82) is 0 Å². The SMILES string of the molecule is NCC(=Cc1cc(F)c(F)c(F)c1)C1CCCCC1. The minimum absolute atomic E-state index is 0.336. The van der Waals surface area contributed by atoms with E-state index < -0.39 is 17.5 Å². The fourth-order valence-electron chi connectivity index (χ4n) is 2.69. The van der Waals surface area contributed by atoms with Gasteiger partial charge in [-0.25, -0.2) is 13.2 Å². The van der Waals surface area contributed by atoms with E-state index in [1.165, 1.54) is 6.42 Å². The number of benzene rings is 1. The quantitative estimate of drug-likeness (QED) is 0.824. The molecule has 0 saturated heterocycles. The van der Waals surface area contributed by atoms with Crippen LogP contribution in [0.25, 0.3) is 6.08 Å². The first-order valence-corrected chi connectivity index (χ1v) is 6.67. The molecule has 0 spiro atoms. The van der Waals surface area contributed by atoms with Crippen LogP contribution in [0.3, 0.4) is 0 Å². The molecule has 1 aliphatic carbocycles. The lowest BCUT2D eigenvalue weighted by atomic mass is 9.83. The average molecular weight is 269 g/mol. The van der Waals surface area contributed by atoms with Crippen LogP contribution in [0.2, 0.25) is 0 Å². The van der Waals surface area contributed by atoms with Crippen molar-refractivity contribution in [2.75, 3.05) is 6.54 Å². The molecule has 4 heteroatoms. The van der Waals surface area contributed by atoms with Gasteiger partial charge >= 0.3 is 0 Å². The van der Waals surface area contributed by atoms with Crippen LogP contribution in [-0.2, 0) is 0 Å². The van der Waals surface area contributed by atoms with Gasteiger partial charge < -0.3 is 5.73 Å². The third kappa shape index (κ3) is 3.38. The Hall–Kier alpha value is -1.29. The van der Waals surface area contributed by atoms with Gasteiger partial charge in [0.1, 0.15) is 0 Å². The van der Waals surface area contributed by atoms with Crippen LogP contribution in [0.1, 0.15) is 37.7 Å². The summed E-state index contributed by atoms with van der Waals surface area (Å²) in [5.41, 5.74) is 7.05. The lowest BCUT2D eigenvalue weighted by Gasteiger charge is -2.24. The summed E-state index contributed by atoms with van der Waals surface area (Å²) in [7, 11) is 0. The van der Waals surface area contributed by atoms with Gasteiger partial charge in [0, 0.05) is 6.54 Å². The highest BCUT2D eigenvalue weighted by Gasteiger charge is 2.17. The molecule has 0 bridgehead atoms. The van der Waals surface area contributed by atoms with E-state index >= 15 is 0 Å². The summed E-state index contributed by atoms with van der Waals surface area (Å²) in [6.45, 7) is 0.366. The fourth-order valence-corrected chi connectivity index (χ4v) is 2.69. The molecule has 2 N–H and O–H groups in total. The molecule has 0 unspecified atom stereocenters. The predicted octanol–water partition coefficient (Wildman–Crippen LogP) is 4.03. The zero-order valence-electron chi connectivity index (χ0n) is 10.8. The monoisotopic (exact) mass is 269 g/mol. The Morgan fingerprint density at radius 2 is 1.68 bits per heavy atom. The molecule has 1 aromatic rings. The summed E-state index contributed by atoms with van der Waals surface area (Å²) in [5, 5.41) is 0. The topological polar surface area (TPSA) is 26.0 Å². The third-order valence-corrected chi connectivity index (χ3v) is 3.72. The van der Waals surface area contributed by atoms with E-state index in [2.05, 4.69) is 0 Å². The summed E-state index contributed by atoms with van der Waals surface area (Å²) in [6.07, 6.45) is 7.38. The molecule has 0 radical (unpaired) electrons. The molecule has 104 valence electrons. The highest BCUT2D eigenvalue weighted by Crippen LogP contribution is 2.30. The molecule has 1 aliphatic rings. The average Bonchev–Trinajstić information content (AvgIpc) is 2.43. The van der Waals surface area contributed by atoms with Gasteiger partial charge in [-0.05, 0) is 36.5 Å². The second kappa shape index (κ2) is 6.24. The molecular formula is C15H18F3N. The van der Waals surface area contributed by atoms with E-state index in [1.54, 1.807) is 6.08 Å². The number of halogens is 3. The van der Waals surface area contributed by atoms with Gasteiger partial charge in [0.2, 0.25) is 0 Å². The maximum atomic E-state index is 13.2. The maximum absolute atomic E-state index is 13.2. The Morgan fingerprint density at radius 1 is 1.11 bits per heavy atom. The van der Waals surface area contributed by atoms with Crippen LogP contribution in [0, 0.1) is 23.4 Å². The second-order valence-corrected chi connectivity index (χ2v) is 5.06. The van der Waals surface area contributed by atoms with Crippen molar-refractivity contribution in [3.05, 3.63) is 40.7 Å². The molecule has 1 nitrogen and oxygen atoms in total. The minimum Gasteiger partial charge on any atom is -0.327 e. The Labute approximate surface area is 111 Å². The van der Waals surface area contributed by atoms with E-state index in [4.69, 9.17) is 5.73 Å². The summed E-state index contributed by atoms with van der Waals surface area (Å²) in [5.74, 6) is -3.36. The van der Waals surface area contributed by atoms with E-state index in [0.717, 1.165) is 43.4 Å². The van der Waals surface area contributed by atoms with Crippen LogP contribution >= 0.6 is 0 Å². The highest BCUT2D eigenvalue weighted by molar-refractivity contribution is 5.54. The van der Waals surface area contributed by atoms with E-state index in [0.29, 0.717) is 18.0 Å². The van der Waals surface area contributed by atoms with Gasteiger partial charge in [-0.3, -0.25) is 0 Å². The van der Waals surface area contributed by atoms with Crippen molar-refractivity contribution in [2.45, 2.75) is 32.1 Å². The molecule has 0 amide bonds. The van der Waals surface area contributed by atoms with Gasteiger partial charge in [-0.1, -0.05) is 30.9 Å². The third-order valence-electron chi connectivity index (χ3n) is 3.72. The van der Waals surface area contributed by atoms with Crippen LogP contribution < -0.4 is 5.73 Å². The Balaban J connectivity index is 2.26. The van der Waals surface area contributed by atoms with Crippen LogP contribution in [0.4, 0.5) is 13.2 Å². The van der Waals surface area contributed by atoms with Crippen molar-refractivity contribution in [3.63, 3.8) is 0 Å². The maximum Gasteiger partial charge on any atom is 0.194 e. The molecule has 0 atom stereocenters. The molecule has 1 fully saturated rings. The van der Waals surface area contributed by atoms with Gasteiger partial charge in [-0.2, -0.15) is 0 Å². The van der Waals surface area contributed by atoms with Crippen molar-refractivity contribution < 1.29 is 13.2 Å². The molecule has 2 rings (SSSR count). The Bertz CT molecular complexity index is 453. The van der Waals surface area contributed by atoms with Crippen molar-refractivity contribution in [2.24, 2.45) is 11.7 Å². The van der Waals surface area contributed by atoms with Gasteiger partial charge in [0.15, 0.2) is 17.5 Å². The van der Waals surface area contributed by atoms with E-state index in [1.807, 2.05) is 0 Å². The largest absolute Gasteiger partial charge is 0.327 e. The van der Waals surface area contributed by atoms with Crippen molar-refractivity contribution in [1.82, 2.24) is 0 Å². The molecule has 0 aromatic heterocycles. The van der Waals surface area contributed by atoms with Crippen LogP contribution in [-0.4, -0.2) is 6.54 Å². The van der Waals surface area contributed by atoms with Crippen molar-refractivity contribution >= 4 is 6.08 Å². The lowest BCUT2D eigenvalue weighted by molar-refractivity contribution is 0.401. The van der Waals surface area contributed by atoms with E-state index in [9.17, 15) is 13.2 Å². The second-order valence-electron chi connectivity index (χ2n) is 5.06. The standard InChI is InChI=1S/C15H18F3N/c16-13-7-10(8-14(17)15(13)18)6-12(9-19)11-4-2-1-3-5-11/h6-8,11H,1-5,9,19H2. The van der Waals surface area contributed by atoms with Crippen molar-refractivity contribution in [3.8, 4) is 0 Å². The smallest absolute Gasteiger partial charge is 0.194 e. The highest BCUT2D eigenvalue weighted by atomic mass is 19.2. The first-order valence-electron chi connectivity index (χ1n) is 6.67. The fraction of sp³-hybridized carbons (Fsp3) is 0.467. The lowest BCUT2D eigenvalue weighted by Crippen LogP contribution is -2.16. The first-order chi connectivity index (χ1) is 9.11. The first kappa shape index (κ1) is 14.1. The molecule has 0 aliphatic heterocycles. The molecule has 1 saturated carbocycles. The zero-order chi connectivity index (χ0) is 13.8. The predicted molar refractivity (Wildman–Crippen MR) is 69.9 cm³/mol. The van der Waals surface area contributed by atoms with Crippen LogP contribution in [0.15, 0.2) is 17.7 Å². The molecular weight excluding hydrogens is 251 g/mol. The van der Waals surface area contributed by atoms with Gasteiger partial charge in [0.05, 0.1) is 0 Å². The van der Waals surface area contributed by atoms with E-state index in [-0.39, 0.29) is 0 Å². The molecule has 0 heterocycles. The molecule has 1 aromatic carbocycles. The minimum atomic E-state index is -1.43. The Kier molecular flexibility index (Phi) is 4.64. The number of nitrogens with two attached hydrogens (primary N) is 1. The number of hydrogen-bond donors (Lipinski definition) is 1. The van der Waals surface area contributed by atoms with Crippen LogP contribution in [0.5, 0.6) is 0 Å².